The third-order valence-electron chi connectivity index (χ3n) is 7.27. The molecule has 1 aliphatic rings. The van der Waals surface area contributed by atoms with Crippen LogP contribution in [0.15, 0.2) is 58.5 Å². The first-order chi connectivity index (χ1) is 17.1. The average Bonchev–Trinajstić information content (AvgIpc) is 3.21. The topological polar surface area (TPSA) is 52.0 Å². The molecular weight excluding hydrogens is 484 g/mol. The molecule has 36 heavy (non-hydrogen) atoms. The molecule has 0 saturated carbocycles. The molecule has 0 amide bonds. The van der Waals surface area contributed by atoms with Gasteiger partial charge in [-0.2, -0.15) is 0 Å². The van der Waals surface area contributed by atoms with E-state index in [1.165, 1.54) is 22.2 Å². The average molecular weight is 517 g/mol. The van der Waals surface area contributed by atoms with E-state index in [0.29, 0.717) is 16.6 Å². The van der Waals surface area contributed by atoms with Gasteiger partial charge >= 0.3 is 0 Å². The SMILES string of the molecule is Cc1ccc(C(=O)CSc2nc3sc4c(c3c(=O)n2-c2ccc(C)cc2)CCC(C(C)(C)C)C4)cc1. The molecule has 2 heterocycles. The molecule has 0 saturated heterocycles. The zero-order valence-corrected chi connectivity index (χ0v) is 23.2. The zero-order valence-electron chi connectivity index (χ0n) is 21.6. The van der Waals surface area contributed by atoms with Gasteiger partial charge in [-0.3, -0.25) is 14.2 Å². The van der Waals surface area contributed by atoms with E-state index in [1.54, 1.807) is 15.9 Å². The highest BCUT2D eigenvalue weighted by Crippen LogP contribution is 2.42. The highest BCUT2D eigenvalue weighted by Gasteiger charge is 2.32. The summed E-state index contributed by atoms with van der Waals surface area (Å²) in [6.45, 7) is 11.0. The first-order valence-electron chi connectivity index (χ1n) is 12.5. The molecule has 4 nitrogen and oxygen atoms in total. The van der Waals surface area contributed by atoms with Gasteiger partial charge in [-0.15, -0.1) is 11.3 Å². The second-order valence-corrected chi connectivity index (χ2v) is 13.0. The molecule has 4 aromatic rings. The molecule has 0 bridgehead atoms. The number of hydrogen-bond acceptors (Lipinski definition) is 5. The van der Waals surface area contributed by atoms with E-state index in [1.807, 2.05) is 62.4 Å². The number of hydrogen-bond donors (Lipinski definition) is 0. The Morgan fingerprint density at radius 1 is 1.06 bits per heavy atom. The van der Waals surface area contributed by atoms with Crippen LogP contribution in [0.2, 0.25) is 0 Å². The quantitative estimate of drug-likeness (QED) is 0.160. The number of benzene rings is 2. The molecule has 6 heteroatoms. The highest BCUT2D eigenvalue weighted by molar-refractivity contribution is 7.99. The van der Waals surface area contributed by atoms with Gasteiger partial charge in [0.05, 0.1) is 16.8 Å². The summed E-state index contributed by atoms with van der Waals surface area (Å²) in [5.41, 5.74) is 5.11. The van der Waals surface area contributed by atoms with Gasteiger partial charge in [0, 0.05) is 10.4 Å². The summed E-state index contributed by atoms with van der Waals surface area (Å²) in [6, 6.07) is 15.6. The minimum Gasteiger partial charge on any atom is -0.293 e. The number of rotatable bonds is 5. The van der Waals surface area contributed by atoms with Gasteiger partial charge in [-0.25, -0.2) is 4.98 Å². The van der Waals surface area contributed by atoms with E-state index in [-0.39, 0.29) is 22.5 Å². The fourth-order valence-electron chi connectivity index (χ4n) is 4.92. The maximum atomic E-state index is 14.0. The van der Waals surface area contributed by atoms with Crippen molar-refractivity contribution in [3.63, 3.8) is 0 Å². The molecular formula is C30H32N2O2S2. The Morgan fingerprint density at radius 2 is 1.69 bits per heavy atom. The number of aryl methyl sites for hydroxylation is 3. The third kappa shape index (κ3) is 4.81. The lowest BCUT2D eigenvalue weighted by atomic mass is 9.72. The molecule has 1 aliphatic carbocycles. The summed E-state index contributed by atoms with van der Waals surface area (Å²) >= 11 is 3.01. The smallest absolute Gasteiger partial charge is 0.267 e. The summed E-state index contributed by atoms with van der Waals surface area (Å²) < 4.78 is 1.71. The lowest BCUT2D eigenvalue weighted by Crippen LogP contribution is -2.27. The lowest BCUT2D eigenvalue weighted by Gasteiger charge is -2.33. The van der Waals surface area contributed by atoms with Crippen molar-refractivity contribution in [2.24, 2.45) is 11.3 Å². The van der Waals surface area contributed by atoms with E-state index in [4.69, 9.17) is 4.98 Å². The first-order valence-corrected chi connectivity index (χ1v) is 14.3. The summed E-state index contributed by atoms with van der Waals surface area (Å²) in [4.78, 5) is 34.1. The van der Waals surface area contributed by atoms with Gasteiger partial charge in [0.25, 0.3) is 5.56 Å². The van der Waals surface area contributed by atoms with Crippen LogP contribution in [-0.4, -0.2) is 21.1 Å². The Labute approximate surface area is 220 Å². The summed E-state index contributed by atoms with van der Waals surface area (Å²) in [5, 5.41) is 1.33. The van der Waals surface area contributed by atoms with E-state index in [2.05, 4.69) is 20.8 Å². The van der Waals surface area contributed by atoms with Crippen LogP contribution in [0.4, 0.5) is 0 Å². The van der Waals surface area contributed by atoms with Crippen LogP contribution in [0, 0.1) is 25.2 Å². The first kappa shape index (κ1) is 25.0. The van der Waals surface area contributed by atoms with Crippen LogP contribution in [0.5, 0.6) is 0 Å². The fourth-order valence-corrected chi connectivity index (χ4v) is 7.16. The molecule has 1 atom stereocenters. The minimum absolute atomic E-state index is 0.0270. The van der Waals surface area contributed by atoms with Crippen molar-refractivity contribution in [2.75, 3.05) is 5.75 Å². The lowest BCUT2D eigenvalue weighted by molar-refractivity contribution is 0.102. The number of Topliss-reactive ketones (excluding diaryl/α,β-unsaturated/α-hetero) is 1. The molecule has 186 valence electrons. The molecule has 2 aromatic heterocycles. The maximum Gasteiger partial charge on any atom is 0.267 e. The third-order valence-corrected chi connectivity index (χ3v) is 9.36. The van der Waals surface area contributed by atoms with Crippen LogP contribution in [0.1, 0.15) is 59.1 Å². The number of ketones is 1. The van der Waals surface area contributed by atoms with E-state index in [0.717, 1.165) is 46.3 Å². The van der Waals surface area contributed by atoms with Crippen LogP contribution < -0.4 is 5.56 Å². The van der Waals surface area contributed by atoms with Crippen LogP contribution >= 0.6 is 23.1 Å². The fraction of sp³-hybridized carbons (Fsp3) is 0.367. The maximum absolute atomic E-state index is 14.0. The number of thiophene rings is 1. The molecule has 1 unspecified atom stereocenters. The number of carbonyl (C=O) groups excluding carboxylic acids is 1. The van der Waals surface area contributed by atoms with Gasteiger partial charge in [0.1, 0.15) is 4.83 Å². The Kier molecular flexibility index (Phi) is 6.69. The van der Waals surface area contributed by atoms with E-state index in [9.17, 15) is 9.59 Å². The minimum atomic E-state index is -0.0270. The summed E-state index contributed by atoms with van der Waals surface area (Å²) in [7, 11) is 0. The van der Waals surface area contributed by atoms with Crippen LogP contribution in [0.3, 0.4) is 0 Å². The van der Waals surface area contributed by atoms with Gasteiger partial charge < -0.3 is 0 Å². The molecule has 0 aliphatic heterocycles. The van der Waals surface area contributed by atoms with Crippen molar-refractivity contribution < 1.29 is 4.79 Å². The van der Waals surface area contributed by atoms with Crippen molar-refractivity contribution in [3.8, 4) is 5.69 Å². The second kappa shape index (κ2) is 9.64. The van der Waals surface area contributed by atoms with Gasteiger partial charge in [0.15, 0.2) is 10.9 Å². The summed E-state index contributed by atoms with van der Waals surface area (Å²) in [6.07, 6.45) is 3.01. The van der Waals surface area contributed by atoms with Gasteiger partial charge in [-0.1, -0.05) is 80.1 Å². The molecule has 0 fully saturated rings. The van der Waals surface area contributed by atoms with Crippen LogP contribution in [0.25, 0.3) is 15.9 Å². The van der Waals surface area contributed by atoms with Gasteiger partial charge in [0.2, 0.25) is 0 Å². The monoisotopic (exact) mass is 516 g/mol. The Hall–Kier alpha value is -2.70. The van der Waals surface area contributed by atoms with E-state index >= 15 is 0 Å². The molecule has 2 aromatic carbocycles. The number of fused-ring (bicyclic) bond motifs is 3. The zero-order chi connectivity index (χ0) is 25.6. The van der Waals surface area contributed by atoms with Crippen molar-refractivity contribution in [2.45, 2.75) is 59.0 Å². The Bertz CT molecular complexity index is 1490. The number of thioether (sulfide) groups is 1. The predicted molar refractivity (Wildman–Crippen MR) is 151 cm³/mol. The van der Waals surface area contributed by atoms with Gasteiger partial charge in [-0.05, 0) is 62.1 Å². The molecule has 0 spiro atoms. The Morgan fingerprint density at radius 3 is 2.33 bits per heavy atom. The molecule has 0 N–H and O–H groups in total. The van der Waals surface area contributed by atoms with Crippen LogP contribution in [-0.2, 0) is 12.8 Å². The predicted octanol–water partition coefficient (Wildman–Crippen LogP) is 7.19. The van der Waals surface area contributed by atoms with Crippen molar-refractivity contribution in [1.29, 1.82) is 0 Å². The molecule has 5 rings (SSSR count). The van der Waals surface area contributed by atoms with Crippen molar-refractivity contribution >= 4 is 39.1 Å². The second-order valence-electron chi connectivity index (χ2n) is 10.9. The van der Waals surface area contributed by atoms with E-state index < -0.39 is 0 Å². The molecule has 0 radical (unpaired) electrons. The van der Waals surface area contributed by atoms with Crippen molar-refractivity contribution in [1.82, 2.24) is 9.55 Å². The number of nitrogens with zero attached hydrogens (tertiary/aromatic N) is 2. The summed E-state index contributed by atoms with van der Waals surface area (Å²) in [5.74, 6) is 0.853. The highest BCUT2D eigenvalue weighted by atomic mass is 32.2. The number of carbonyl (C=O) groups is 1. The van der Waals surface area contributed by atoms with Crippen molar-refractivity contribution in [3.05, 3.63) is 86.0 Å². The Balaban J connectivity index is 1.58. The number of aromatic nitrogens is 2. The standard InChI is InChI=1S/C30H32N2O2S2/c1-18-6-10-20(11-7-18)24(33)17-35-29-31-27-26(28(34)32(29)22-13-8-19(2)9-14-22)23-15-12-21(30(3,4)5)16-25(23)36-27/h6-11,13-14,21H,12,15-17H2,1-5H3. The normalized spacial score (nSPS) is 15.8. The largest absolute Gasteiger partial charge is 0.293 e.